The zero-order chi connectivity index (χ0) is 24.8. The van der Waals surface area contributed by atoms with Crippen LogP contribution in [0.2, 0.25) is 0 Å². The number of carbonyl (C=O) groups is 1. The molecule has 35 heavy (non-hydrogen) atoms. The zero-order valence-corrected chi connectivity index (χ0v) is 22.1. The van der Waals surface area contributed by atoms with Crippen molar-refractivity contribution in [3.63, 3.8) is 0 Å². The molecule has 0 aliphatic carbocycles. The largest absolute Gasteiger partial charge is 0.338 e. The first-order valence-corrected chi connectivity index (χ1v) is 15.1. The standard InChI is InChI=1S/C26H24N2O3S4/c27-35(30,31)23-12-6-20(7-13-23)15-17-28(16-14-19-4-2-1-3-5-19)25(29)22-10-8-21(9-11-22)24-18-33-34-26(24)32/h1-13,18H,14-17H2,(H2,27,30,31). The molecular formula is C26H24N2O3S4. The van der Waals surface area contributed by atoms with Crippen molar-refractivity contribution in [1.29, 1.82) is 0 Å². The zero-order valence-electron chi connectivity index (χ0n) is 18.8. The molecule has 2 N–H and O–H groups in total. The lowest BCUT2D eigenvalue weighted by atomic mass is 10.1. The van der Waals surface area contributed by atoms with Gasteiger partial charge in [-0.1, -0.05) is 87.5 Å². The van der Waals surface area contributed by atoms with Gasteiger partial charge in [-0.25, -0.2) is 13.6 Å². The summed E-state index contributed by atoms with van der Waals surface area (Å²) in [5.41, 5.74) is 4.75. The molecule has 1 aromatic heterocycles. The Labute approximate surface area is 217 Å². The minimum absolute atomic E-state index is 0.0413. The normalized spacial score (nSPS) is 11.3. The highest BCUT2D eigenvalue weighted by Gasteiger charge is 2.17. The first-order valence-electron chi connectivity index (χ1n) is 10.9. The van der Waals surface area contributed by atoms with E-state index < -0.39 is 10.0 Å². The number of hydrogen-bond acceptors (Lipinski definition) is 6. The van der Waals surface area contributed by atoms with Crippen molar-refractivity contribution in [2.75, 3.05) is 13.1 Å². The highest BCUT2D eigenvalue weighted by molar-refractivity contribution is 7.89. The van der Waals surface area contributed by atoms with Crippen molar-refractivity contribution in [3.8, 4) is 11.1 Å². The predicted octanol–water partition coefficient (Wildman–Crippen LogP) is 5.78. The number of rotatable bonds is 9. The van der Waals surface area contributed by atoms with E-state index in [2.05, 4.69) is 12.1 Å². The fourth-order valence-electron chi connectivity index (χ4n) is 3.70. The van der Waals surface area contributed by atoms with E-state index in [9.17, 15) is 13.2 Å². The maximum Gasteiger partial charge on any atom is 0.253 e. The van der Waals surface area contributed by atoms with Crippen LogP contribution in [0.25, 0.3) is 11.1 Å². The van der Waals surface area contributed by atoms with E-state index in [0.717, 1.165) is 32.5 Å². The highest BCUT2D eigenvalue weighted by Crippen LogP contribution is 2.28. The molecular weight excluding hydrogens is 517 g/mol. The lowest BCUT2D eigenvalue weighted by Gasteiger charge is -2.23. The lowest BCUT2D eigenvalue weighted by molar-refractivity contribution is 0.0759. The third-order valence-electron chi connectivity index (χ3n) is 5.68. The third kappa shape index (κ3) is 6.71. The number of hydrogen-bond donors (Lipinski definition) is 1. The fraction of sp³-hybridized carbons (Fsp3) is 0.154. The Balaban J connectivity index is 1.50. The number of benzene rings is 3. The van der Waals surface area contributed by atoms with Gasteiger partial charge >= 0.3 is 0 Å². The Bertz CT molecular complexity index is 1440. The summed E-state index contributed by atoms with van der Waals surface area (Å²) in [6, 6.07) is 24.1. The molecule has 5 nitrogen and oxygen atoms in total. The first kappa shape index (κ1) is 25.4. The minimum atomic E-state index is -3.73. The van der Waals surface area contributed by atoms with Crippen LogP contribution in [0, 0.1) is 3.82 Å². The van der Waals surface area contributed by atoms with Crippen molar-refractivity contribution in [3.05, 3.63) is 105 Å². The van der Waals surface area contributed by atoms with E-state index in [1.807, 2.05) is 52.7 Å². The van der Waals surface area contributed by atoms with Crippen LogP contribution in [0.3, 0.4) is 0 Å². The molecule has 4 aromatic rings. The summed E-state index contributed by atoms with van der Waals surface area (Å²) in [4.78, 5) is 15.4. The number of carbonyl (C=O) groups excluding carboxylic acids is 1. The van der Waals surface area contributed by atoms with E-state index in [1.165, 1.54) is 12.1 Å². The molecule has 0 saturated carbocycles. The smallest absolute Gasteiger partial charge is 0.253 e. The van der Waals surface area contributed by atoms with Gasteiger partial charge < -0.3 is 4.90 Å². The van der Waals surface area contributed by atoms with E-state index >= 15 is 0 Å². The average Bonchev–Trinajstić information content (AvgIpc) is 3.30. The lowest BCUT2D eigenvalue weighted by Crippen LogP contribution is -2.34. The third-order valence-corrected chi connectivity index (χ3v) is 9.27. The maximum atomic E-state index is 13.5. The second-order valence-electron chi connectivity index (χ2n) is 8.04. The highest BCUT2D eigenvalue weighted by atomic mass is 32.9. The topological polar surface area (TPSA) is 80.5 Å². The Morgan fingerprint density at radius 2 is 1.46 bits per heavy atom. The van der Waals surface area contributed by atoms with Crippen molar-refractivity contribution >= 4 is 48.8 Å². The van der Waals surface area contributed by atoms with Crippen LogP contribution in [-0.2, 0) is 22.9 Å². The van der Waals surface area contributed by atoms with E-state index in [0.29, 0.717) is 25.1 Å². The quantitative estimate of drug-likeness (QED) is 0.216. The molecule has 0 fully saturated rings. The van der Waals surface area contributed by atoms with Gasteiger partial charge in [0.05, 0.1) is 4.90 Å². The molecule has 0 bridgehead atoms. The van der Waals surface area contributed by atoms with Gasteiger partial charge in [0, 0.05) is 29.6 Å². The van der Waals surface area contributed by atoms with Crippen LogP contribution in [0.1, 0.15) is 21.5 Å². The second kappa shape index (κ2) is 11.4. The molecule has 4 rings (SSSR count). The van der Waals surface area contributed by atoms with Gasteiger partial charge in [0.2, 0.25) is 10.0 Å². The van der Waals surface area contributed by atoms with Gasteiger partial charge in [-0.15, -0.1) is 0 Å². The van der Waals surface area contributed by atoms with Crippen molar-refractivity contribution in [1.82, 2.24) is 4.90 Å². The van der Waals surface area contributed by atoms with Crippen LogP contribution >= 0.6 is 32.9 Å². The SMILES string of the molecule is NS(=O)(=O)c1ccc(CCN(CCc2ccccc2)C(=O)c2ccc(-c3cssc3=S)cc2)cc1. The molecule has 1 heterocycles. The first-order chi connectivity index (χ1) is 16.8. The van der Waals surface area contributed by atoms with Crippen LogP contribution in [0.15, 0.2) is 89.1 Å². The molecule has 3 aromatic carbocycles. The van der Waals surface area contributed by atoms with Crippen LogP contribution in [0.4, 0.5) is 0 Å². The summed E-state index contributed by atoms with van der Waals surface area (Å²) in [5.74, 6) is -0.0413. The fourth-order valence-corrected chi connectivity index (χ4v) is 6.61. The summed E-state index contributed by atoms with van der Waals surface area (Å²) in [6.45, 7) is 1.08. The Hall–Kier alpha value is -2.69. The molecule has 0 unspecified atom stereocenters. The summed E-state index contributed by atoms with van der Waals surface area (Å²) < 4.78 is 23.9. The second-order valence-corrected chi connectivity index (χ2v) is 12.4. The summed E-state index contributed by atoms with van der Waals surface area (Å²) in [5, 5.41) is 7.23. The molecule has 9 heteroatoms. The van der Waals surface area contributed by atoms with Gasteiger partial charge in [-0.3, -0.25) is 4.79 Å². The molecule has 0 atom stereocenters. The van der Waals surface area contributed by atoms with E-state index in [4.69, 9.17) is 17.4 Å². The van der Waals surface area contributed by atoms with Crippen LogP contribution in [-0.4, -0.2) is 32.3 Å². The number of sulfonamides is 1. The van der Waals surface area contributed by atoms with Crippen LogP contribution < -0.4 is 5.14 Å². The molecule has 0 radical (unpaired) electrons. The molecule has 0 spiro atoms. The van der Waals surface area contributed by atoms with Crippen molar-refractivity contribution in [2.45, 2.75) is 17.7 Å². The molecule has 0 aliphatic heterocycles. The van der Waals surface area contributed by atoms with Gasteiger partial charge in [-0.2, -0.15) is 0 Å². The monoisotopic (exact) mass is 540 g/mol. The molecule has 0 saturated heterocycles. The Morgan fingerprint density at radius 1 is 0.857 bits per heavy atom. The van der Waals surface area contributed by atoms with E-state index in [-0.39, 0.29) is 10.8 Å². The Kier molecular flexibility index (Phi) is 8.25. The van der Waals surface area contributed by atoms with E-state index in [1.54, 1.807) is 32.8 Å². The van der Waals surface area contributed by atoms with Gasteiger partial charge in [0.15, 0.2) is 0 Å². The number of nitrogens with zero attached hydrogens (tertiary/aromatic N) is 1. The minimum Gasteiger partial charge on any atom is -0.338 e. The predicted molar refractivity (Wildman–Crippen MR) is 146 cm³/mol. The average molecular weight is 541 g/mol. The molecule has 0 aliphatic rings. The van der Waals surface area contributed by atoms with Crippen molar-refractivity contribution < 1.29 is 13.2 Å². The Morgan fingerprint density at radius 3 is 2.00 bits per heavy atom. The molecule has 1 amide bonds. The van der Waals surface area contributed by atoms with Gasteiger partial charge in [0.25, 0.3) is 5.91 Å². The molecule has 180 valence electrons. The number of nitrogens with two attached hydrogens (primary N) is 1. The number of primary sulfonamides is 1. The van der Waals surface area contributed by atoms with Gasteiger partial charge in [-0.05, 0) is 53.8 Å². The van der Waals surface area contributed by atoms with Gasteiger partial charge in [0.1, 0.15) is 3.82 Å². The summed E-state index contributed by atoms with van der Waals surface area (Å²) in [7, 11) is -0.556. The van der Waals surface area contributed by atoms with Crippen molar-refractivity contribution in [2.24, 2.45) is 5.14 Å². The van der Waals surface area contributed by atoms with Crippen LogP contribution in [0.5, 0.6) is 0 Å². The maximum absolute atomic E-state index is 13.5. The number of amides is 1. The summed E-state index contributed by atoms with van der Waals surface area (Å²) in [6.07, 6.45) is 1.34. The summed E-state index contributed by atoms with van der Waals surface area (Å²) >= 11 is 5.40.